The van der Waals surface area contributed by atoms with E-state index >= 15 is 0 Å². The molecule has 0 spiro atoms. The Morgan fingerprint density at radius 2 is 1.88 bits per heavy atom. The van der Waals surface area contributed by atoms with E-state index in [-0.39, 0.29) is 12.1 Å². The van der Waals surface area contributed by atoms with Gasteiger partial charge in [-0.3, -0.25) is 0 Å². The first-order valence-electron chi connectivity index (χ1n) is 5.73. The molecule has 0 saturated carbocycles. The van der Waals surface area contributed by atoms with E-state index in [9.17, 15) is 5.11 Å². The van der Waals surface area contributed by atoms with Gasteiger partial charge < -0.3 is 15.2 Å². The van der Waals surface area contributed by atoms with Gasteiger partial charge in [-0.1, -0.05) is 28.1 Å². The third kappa shape index (κ3) is 4.76. The van der Waals surface area contributed by atoms with E-state index in [1.807, 2.05) is 38.1 Å². The van der Waals surface area contributed by atoms with Crippen molar-refractivity contribution >= 4 is 15.9 Å². The Kier molecular flexibility index (Phi) is 6.12. The number of ether oxygens (including phenoxy) is 1. The Balaban J connectivity index is 2.56. The first-order chi connectivity index (χ1) is 8.04. The number of nitrogens with one attached hydrogen (secondary N) is 1. The zero-order valence-electron chi connectivity index (χ0n) is 10.5. The van der Waals surface area contributed by atoms with E-state index < -0.39 is 6.10 Å². The van der Waals surface area contributed by atoms with Crippen LogP contribution in [0.2, 0.25) is 0 Å². The molecule has 0 radical (unpaired) electrons. The summed E-state index contributed by atoms with van der Waals surface area (Å²) in [5.74, 6) is 0. The molecular weight excluding hydrogens is 282 g/mol. The fourth-order valence-electron chi connectivity index (χ4n) is 1.79. The average Bonchev–Trinajstić information content (AvgIpc) is 2.29. The zero-order chi connectivity index (χ0) is 12.8. The fourth-order valence-corrected chi connectivity index (χ4v) is 2.05. The summed E-state index contributed by atoms with van der Waals surface area (Å²) >= 11 is 3.38. The van der Waals surface area contributed by atoms with Crippen LogP contribution in [0.25, 0.3) is 0 Å². The molecule has 1 aromatic carbocycles. The van der Waals surface area contributed by atoms with Gasteiger partial charge in [0, 0.05) is 23.7 Å². The molecule has 2 N–H and O–H groups in total. The van der Waals surface area contributed by atoms with E-state index in [1.165, 1.54) is 0 Å². The molecule has 0 aromatic heterocycles. The van der Waals surface area contributed by atoms with Crippen LogP contribution < -0.4 is 5.32 Å². The van der Waals surface area contributed by atoms with E-state index in [0.29, 0.717) is 6.61 Å². The Morgan fingerprint density at radius 3 is 2.41 bits per heavy atom. The molecule has 0 aliphatic rings. The second kappa shape index (κ2) is 7.11. The number of methoxy groups -OCH3 is 1. The van der Waals surface area contributed by atoms with Crippen molar-refractivity contribution in [2.45, 2.75) is 32.0 Å². The molecular formula is C13H20BrNO2. The van der Waals surface area contributed by atoms with Gasteiger partial charge in [0.25, 0.3) is 0 Å². The van der Waals surface area contributed by atoms with Gasteiger partial charge in [0.15, 0.2) is 0 Å². The highest BCUT2D eigenvalue weighted by Crippen LogP contribution is 2.19. The number of aliphatic hydroxyl groups is 1. The second-order valence-electron chi connectivity index (χ2n) is 4.31. The summed E-state index contributed by atoms with van der Waals surface area (Å²) in [6, 6.07) is 7.93. The molecule has 3 nitrogen and oxygen atoms in total. The molecule has 0 aliphatic carbocycles. The van der Waals surface area contributed by atoms with Crippen LogP contribution in [0, 0.1) is 0 Å². The van der Waals surface area contributed by atoms with E-state index in [4.69, 9.17) is 4.74 Å². The van der Waals surface area contributed by atoms with E-state index in [0.717, 1.165) is 10.0 Å². The summed E-state index contributed by atoms with van der Waals surface area (Å²) in [5, 5.41) is 13.5. The maximum atomic E-state index is 10.2. The molecule has 96 valence electrons. The van der Waals surface area contributed by atoms with Gasteiger partial charge >= 0.3 is 0 Å². The number of halogens is 1. The SMILES string of the molecule is COCC(C)NC(C)C(O)c1ccc(Br)cc1. The predicted octanol–water partition coefficient (Wildman–Crippen LogP) is 2.50. The van der Waals surface area contributed by atoms with E-state index in [2.05, 4.69) is 21.2 Å². The number of hydrogen-bond acceptors (Lipinski definition) is 3. The van der Waals surface area contributed by atoms with Crippen LogP contribution in [0.15, 0.2) is 28.7 Å². The van der Waals surface area contributed by atoms with Crippen LogP contribution in [0.3, 0.4) is 0 Å². The Morgan fingerprint density at radius 1 is 1.29 bits per heavy atom. The van der Waals surface area contributed by atoms with Crippen LogP contribution in [0.4, 0.5) is 0 Å². The molecule has 0 bridgehead atoms. The summed E-state index contributed by atoms with van der Waals surface area (Å²) in [7, 11) is 1.67. The summed E-state index contributed by atoms with van der Waals surface area (Å²) in [6.45, 7) is 4.64. The molecule has 0 heterocycles. The van der Waals surface area contributed by atoms with Crippen molar-refractivity contribution in [3.8, 4) is 0 Å². The van der Waals surface area contributed by atoms with Gasteiger partial charge in [0.2, 0.25) is 0 Å². The van der Waals surface area contributed by atoms with Gasteiger partial charge in [-0.2, -0.15) is 0 Å². The zero-order valence-corrected chi connectivity index (χ0v) is 12.1. The predicted molar refractivity (Wildman–Crippen MR) is 73.0 cm³/mol. The monoisotopic (exact) mass is 301 g/mol. The summed E-state index contributed by atoms with van der Waals surface area (Å²) in [4.78, 5) is 0. The fraction of sp³-hybridized carbons (Fsp3) is 0.538. The van der Waals surface area contributed by atoms with Gasteiger partial charge in [-0.15, -0.1) is 0 Å². The Labute approximate surface area is 111 Å². The van der Waals surface area contributed by atoms with E-state index in [1.54, 1.807) is 7.11 Å². The van der Waals surface area contributed by atoms with Crippen molar-refractivity contribution in [1.82, 2.24) is 5.32 Å². The normalized spacial score (nSPS) is 16.5. The largest absolute Gasteiger partial charge is 0.387 e. The van der Waals surface area contributed by atoms with Gasteiger partial charge in [-0.25, -0.2) is 0 Å². The molecule has 3 atom stereocenters. The van der Waals surface area contributed by atoms with Crippen molar-refractivity contribution in [2.75, 3.05) is 13.7 Å². The topological polar surface area (TPSA) is 41.5 Å². The quantitative estimate of drug-likeness (QED) is 0.848. The first kappa shape index (κ1) is 14.6. The van der Waals surface area contributed by atoms with Crippen LogP contribution in [-0.4, -0.2) is 30.9 Å². The van der Waals surface area contributed by atoms with Gasteiger partial charge in [-0.05, 0) is 31.5 Å². The molecule has 1 aromatic rings. The highest BCUT2D eigenvalue weighted by atomic mass is 79.9. The van der Waals surface area contributed by atoms with Crippen molar-refractivity contribution in [1.29, 1.82) is 0 Å². The molecule has 3 unspecified atom stereocenters. The number of hydrogen-bond donors (Lipinski definition) is 2. The minimum Gasteiger partial charge on any atom is -0.387 e. The standard InChI is InChI=1S/C13H20BrNO2/c1-9(8-17-3)15-10(2)13(16)11-4-6-12(14)7-5-11/h4-7,9-10,13,15-16H,8H2,1-3H3. The Bertz CT molecular complexity index is 329. The Hall–Kier alpha value is -0.420. The lowest BCUT2D eigenvalue weighted by Gasteiger charge is -2.24. The third-order valence-corrected chi connectivity index (χ3v) is 3.18. The van der Waals surface area contributed by atoms with Crippen molar-refractivity contribution in [3.63, 3.8) is 0 Å². The number of aliphatic hydroxyl groups excluding tert-OH is 1. The average molecular weight is 302 g/mol. The maximum Gasteiger partial charge on any atom is 0.0940 e. The second-order valence-corrected chi connectivity index (χ2v) is 5.22. The molecule has 0 fully saturated rings. The molecule has 0 saturated heterocycles. The van der Waals surface area contributed by atoms with Crippen LogP contribution >= 0.6 is 15.9 Å². The van der Waals surface area contributed by atoms with Gasteiger partial charge in [0.05, 0.1) is 12.7 Å². The number of benzene rings is 1. The smallest absolute Gasteiger partial charge is 0.0940 e. The molecule has 1 rings (SSSR count). The highest BCUT2D eigenvalue weighted by molar-refractivity contribution is 9.10. The lowest BCUT2D eigenvalue weighted by molar-refractivity contribution is 0.112. The van der Waals surface area contributed by atoms with Crippen LogP contribution in [0.1, 0.15) is 25.5 Å². The van der Waals surface area contributed by atoms with Gasteiger partial charge in [0.1, 0.15) is 0 Å². The molecule has 17 heavy (non-hydrogen) atoms. The maximum absolute atomic E-state index is 10.2. The van der Waals surface area contributed by atoms with Crippen molar-refractivity contribution in [3.05, 3.63) is 34.3 Å². The van der Waals surface area contributed by atoms with Crippen molar-refractivity contribution < 1.29 is 9.84 Å². The summed E-state index contributed by atoms with van der Waals surface area (Å²) in [6.07, 6.45) is -0.512. The van der Waals surface area contributed by atoms with Crippen LogP contribution in [0.5, 0.6) is 0 Å². The first-order valence-corrected chi connectivity index (χ1v) is 6.52. The number of rotatable bonds is 6. The minimum absolute atomic E-state index is 0.0127. The highest BCUT2D eigenvalue weighted by Gasteiger charge is 2.17. The molecule has 0 amide bonds. The lowest BCUT2D eigenvalue weighted by atomic mass is 10.0. The molecule has 4 heteroatoms. The lowest BCUT2D eigenvalue weighted by Crippen LogP contribution is -2.40. The summed E-state index contributed by atoms with van der Waals surface area (Å²) in [5.41, 5.74) is 0.915. The molecule has 0 aliphatic heterocycles. The third-order valence-electron chi connectivity index (χ3n) is 2.65. The van der Waals surface area contributed by atoms with Crippen LogP contribution in [-0.2, 0) is 4.74 Å². The minimum atomic E-state index is -0.512. The summed E-state index contributed by atoms with van der Waals surface area (Å²) < 4.78 is 6.07. The van der Waals surface area contributed by atoms with Crippen molar-refractivity contribution in [2.24, 2.45) is 0 Å².